The van der Waals surface area contributed by atoms with Crippen LogP contribution < -0.4 is 16.4 Å². The molecule has 1 aromatic heterocycles. The molecule has 0 fully saturated rings. The molecule has 0 aromatic carbocycles. The third-order valence-corrected chi connectivity index (χ3v) is 4.22. The van der Waals surface area contributed by atoms with Crippen molar-refractivity contribution in [2.75, 3.05) is 39.5 Å². The van der Waals surface area contributed by atoms with E-state index in [4.69, 9.17) is 15.2 Å². The van der Waals surface area contributed by atoms with E-state index in [1.54, 1.807) is 4.68 Å². The standard InChI is InChI=1S/C20H38N6O4/c1-17(2)22-9-12-29-14-15-30-13-10-23-20(28)8-3-4-11-26-16-18(24-25-26)6-5-7-19(21)27/h16-17,22H,3-15H2,1-2H3,(H2,21,27)(H,23,28). The second-order valence-electron chi connectivity index (χ2n) is 7.43. The van der Waals surface area contributed by atoms with Gasteiger partial charge in [-0.2, -0.15) is 0 Å². The Labute approximate surface area is 179 Å². The SMILES string of the molecule is CC(C)NCCOCCOCCNC(=O)CCCCn1cc(CCCC(N)=O)nn1. The van der Waals surface area contributed by atoms with Crippen molar-refractivity contribution in [3.8, 4) is 0 Å². The summed E-state index contributed by atoms with van der Waals surface area (Å²) in [6.07, 6.45) is 5.71. The average molecular weight is 427 g/mol. The van der Waals surface area contributed by atoms with Crippen LogP contribution in [0.3, 0.4) is 0 Å². The number of nitrogens with two attached hydrogens (primary N) is 1. The first-order valence-corrected chi connectivity index (χ1v) is 10.8. The van der Waals surface area contributed by atoms with Gasteiger partial charge < -0.3 is 25.8 Å². The maximum absolute atomic E-state index is 11.8. The number of carbonyl (C=O) groups is 2. The van der Waals surface area contributed by atoms with E-state index in [0.717, 1.165) is 25.1 Å². The van der Waals surface area contributed by atoms with Crippen LogP contribution in [-0.2, 0) is 32.0 Å². The fourth-order valence-corrected chi connectivity index (χ4v) is 2.66. The van der Waals surface area contributed by atoms with Gasteiger partial charge in [-0.25, -0.2) is 0 Å². The van der Waals surface area contributed by atoms with E-state index in [1.165, 1.54) is 0 Å². The van der Waals surface area contributed by atoms with E-state index >= 15 is 0 Å². The highest BCUT2D eigenvalue weighted by Crippen LogP contribution is 2.03. The molecule has 1 heterocycles. The van der Waals surface area contributed by atoms with Crippen molar-refractivity contribution in [2.45, 2.75) is 65.0 Å². The maximum Gasteiger partial charge on any atom is 0.220 e. The fourth-order valence-electron chi connectivity index (χ4n) is 2.66. The zero-order valence-electron chi connectivity index (χ0n) is 18.4. The van der Waals surface area contributed by atoms with Crippen molar-refractivity contribution < 1.29 is 19.1 Å². The van der Waals surface area contributed by atoms with E-state index in [2.05, 4.69) is 34.8 Å². The molecule has 4 N–H and O–H groups in total. The lowest BCUT2D eigenvalue weighted by Crippen LogP contribution is -2.28. The van der Waals surface area contributed by atoms with Crippen molar-refractivity contribution in [3.05, 3.63) is 11.9 Å². The number of amides is 2. The lowest BCUT2D eigenvalue weighted by molar-refractivity contribution is -0.121. The van der Waals surface area contributed by atoms with Crippen molar-refractivity contribution >= 4 is 11.8 Å². The van der Waals surface area contributed by atoms with Gasteiger partial charge >= 0.3 is 0 Å². The number of unbranched alkanes of at least 4 members (excludes halogenated alkanes) is 1. The van der Waals surface area contributed by atoms with Crippen molar-refractivity contribution in [1.29, 1.82) is 0 Å². The van der Waals surface area contributed by atoms with Gasteiger partial charge in [-0.3, -0.25) is 14.3 Å². The van der Waals surface area contributed by atoms with E-state index < -0.39 is 0 Å². The minimum Gasteiger partial charge on any atom is -0.378 e. The van der Waals surface area contributed by atoms with Gasteiger partial charge in [0.05, 0.1) is 32.1 Å². The van der Waals surface area contributed by atoms with Gasteiger partial charge in [0.2, 0.25) is 11.8 Å². The summed E-state index contributed by atoms with van der Waals surface area (Å²) >= 11 is 0. The lowest BCUT2D eigenvalue weighted by Gasteiger charge is -2.09. The Hall–Kier alpha value is -2.04. The van der Waals surface area contributed by atoms with Gasteiger partial charge in [0.1, 0.15) is 0 Å². The number of aryl methyl sites for hydroxylation is 2. The third-order valence-electron chi connectivity index (χ3n) is 4.22. The summed E-state index contributed by atoms with van der Waals surface area (Å²) in [5.74, 6) is -0.271. The van der Waals surface area contributed by atoms with E-state index in [9.17, 15) is 9.59 Å². The van der Waals surface area contributed by atoms with Crippen LogP contribution >= 0.6 is 0 Å². The maximum atomic E-state index is 11.8. The predicted octanol–water partition coefficient (Wildman–Crippen LogP) is 0.404. The second-order valence-corrected chi connectivity index (χ2v) is 7.43. The summed E-state index contributed by atoms with van der Waals surface area (Å²) in [4.78, 5) is 22.6. The number of nitrogens with zero attached hydrogens (tertiary/aromatic N) is 3. The number of hydrogen-bond donors (Lipinski definition) is 3. The Balaban J connectivity index is 1.92. The molecule has 1 rings (SSSR count). The topological polar surface area (TPSA) is 133 Å². The van der Waals surface area contributed by atoms with Crippen LogP contribution in [0.5, 0.6) is 0 Å². The van der Waals surface area contributed by atoms with Crippen LogP contribution in [0.4, 0.5) is 0 Å². The zero-order valence-corrected chi connectivity index (χ0v) is 18.4. The van der Waals surface area contributed by atoms with Crippen LogP contribution in [0.1, 0.15) is 51.6 Å². The molecule has 0 saturated heterocycles. The van der Waals surface area contributed by atoms with Gasteiger partial charge in [-0.05, 0) is 25.7 Å². The number of aromatic nitrogens is 3. The summed E-state index contributed by atoms with van der Waals surface area (Å²) in [6, 6.07) is 0.467. The molecule has 10 heteroatoms. The van der Waals surface area contributed by atoms with Crippen LogP contribution in [0.2, 0.25) is 0 Å². The summed E-state index contributed by atoms with van der Waals surface area (Å²) in [6.45, 7) is 8.49. The monoisotopic (exact) mass is 426 g/mol. The van der Waals surface area contributed by atoms with Gasteiger partial charge in [0.25, 0.3) is 0 Å². The van der Waals surface area contributed by atoms with E-state index in [1.807, 2.05) is 6.20 Å². The molecular formula is C20H38N6O4. The molecule has 0 saturated carbocycles. The molecule has 0 aliphatic rings. The molecule has 2 amide bonds. The molecule has 10 nitrogen and oxygen atoms in total. The average Bonchev–Trinajstić information content (AvgIpc) is 3.14. The van der Waals surface area contributed by atoms with Crippen LogP contribution in [0, 0.1) is 0 Å². The number of primary amides is 1. The van der Waals surface area contributed by atoms with E-state index in [-0.39, 0.29) is 11.8 Å². The fraction of sp³-hybridized carbons (Fsp3) is 0.800. The molecule has 1 aromatic rings. The third kappa shape index (κ3) is 14.9. The van der Waals surface area contributed by atoms with Crippen LogP contribution in [0.15, 0.2) is 6.20 Å². The van der Waals surface area contributed by atoms with Crippen LogP contribution in [-0.4, -0.2) is 72.4 Å². The highest BCUT2D eigenvalue weighted by molar-refractivity contribution is 5.75. The molecule has 0 aliphatic carbocycles. The van der Waals surface area contributed by atoms with Gasteiger partial charge in [-0.1, -0.05) is 19.1 Å². The molecule has 172 valence electrons. The molecule has 0 aliphatic heterocycles. The first-order chi connectivity index (χ1) is 14.5. The molecule has 0 atom stereocenters. The minimum absolute atomic E-state index is 0.0281. The highest BCUT2D eigenvalue weighted by atomic mass is 16.5. The second kappa shape index (κ2) is 16.7. The zero-order chi connectivity index (χ0) is 22.0. The van der Waals surface area contributed by atoms with Gasteiger partial charge in [0.15, 0.2) is 0 Å². The highest BCUT2D eigenvalue weighted by Gasteiger charge is 2.04. The van der Waals surface area contributed by atoms with Crippen LogP contribution in [0.25, 0.3) is 0 Å². The largest absolute Gasteiger partial charge is 0.378 e. The lowest BCUT2D eigenvalue weighted by atomic mass is 10.2. The number of ether oxygens (including phenoxy) is 2. The first kappa shape index (κ1) is 26.0. The smallest absolute Gasteiger partial charge is 0.220 e. The Kier molecular flexibility index (Phi) is 14.5. The summed E-state index contributed by atoms with van der Waals surface area (Å²) in [7, 11) is 0. The number of nitrogens with one attached hydrogen (secondary N) is 2. The number of carbonyl (C=O) groups excluding carboxylic acids is 2. The Morgan fingerprint density at radius 2 is 1.80 bits per heavy atom. The molecule has 0 unspecified atom stereocenters. The summed E-state index contributed by atoms with van der Waals surface area (Å²) in [5.41, 5.74) is 5.97. The quantitative estimate of drug-likeness (QED) is 0.273. The normalized spacial score (nSPS) is 11.2. The first-order valence-electron chi connectivity index (χ1n) is 10.8. The molecule has 0 radical (unpaired) electrons. The molecule has 0 bridgehead atoms. The Morgan fingerprint density at radius 1 is 1.07 bits per heavy atom. The Bertz CT molecular complexity index is 594. The van der Waals surface area contributed by atoms with E-state index in [0.29, 0.717) is 71.2 Å². The number of hydrogen-bond acceptors (Lipinski definition) is 7. The molecule has 30 heavy (non-hydrogen) atoms. The van der Waals surface area contributed by atoms with Crippen molar-refractivity contribution in [3.63, 3.8) is 0 Å². The van der Waals surface area contributed by atoms with Gasteiger partial charge in [0, 0.05) is 44.7 Å². The summed E-state index contributed by atoms with van der Waals surface area (Å²) < 4.78 is 12.6. The molecule has 0 spiro atoms. The summed E-state index contributed by atoms with van der Waals surface area (Å²) in [5, 5.41) is 14.3. The van der Waals surface area contributed by atoms with Crippen molar-refractivity contribution in [2.24, 2.45) is 5.73 Å². The van der Waals surface area contributed by atoms with Crippen molar-refractivity contribution in [1.82, 2.24) is 25.6 Å². The van der Waals surface area contributed by atoms with Gasteiger partial charge in [-0.15, -0.1) is 5.10 Å². The minimum atomic E-state index is -0.300. The Morgan fingerprint density at radius 3 is 2.50 bits per heavy atom. The number of rotatable bonds is 19. The molecular weight excluding hydrogens is 388 g/mol. The predicted molar refractivity (Wildman–Crippen MR) is 114 cm³/mol.